The second-order valence-corrected chi connectivity index (χ2v) is 16.4. The number of para-hydroxylation sites is 2. The largest absolute Gasteiger partial charge is 0.309 e. The molecule has 1 aromatic heterocycles. The number of fused-ring (bicyclic) bond motifs is 5. The van der Waals surface area contributed by atoms with Gasteiger partial charge in [0.15, 0.2) is 0 Å². The van der Waals surface area contributed by atoms with Crippen molar-refractivity contribution in [3.05, 3.63) is 236 Å². The highest BCUT2D eigenvalue weighted by Gasteiger charge is 2.40. The summed E-state index contributed by atoms with van der Waals surface area (Å²) < 4.78 is 2.47. The van der Waals surface area contributed by atoms with Crippen LogP contribution in [0.15, 0.2) is 218 Å². The van der Waals surface area contributed by atoms with Gasteiger partial charge in [0.2, 0.25) is 0 Å². The molecule has 10 aromatic rings. The lowest BCUT2D eigenvalue weighted by molar-refractivity contribution is 0.666. The SMILES string of the molecule is CC1(C)c2ccc(-c3ccc(-c4cc[c]c(-c5ccc(-c6ccccc6)cc5)c4-c4ccc(-c5ccccc5)cc4)cc3)cc2-c2c1c1ccccc1n2-c1ccccc1. The Hall–Kier alpha value is -7.48. The average Bonchev–Trinajstić information content (AvgIpc) is 3.79. The molecule has 1 aliphatic carbocycles. The highest BCUT2D eigenvalue weighted by molar-refractivity contribution is 6.00. The van der Waals surface area contributed by atoms with Crippen LogP contribution in [0.3, 0.4) is 0 Å². The lowest BCUT2D eigenvalue weighted by Gasteiger charge is -2.21. The molecule has 11 rings (SSSR count). The third-order valence-electron chi connectivity index (χ3n) is 12.5. The van der Waals surface area contributed by atoms with Gasteiger partial charge in [-0.1, -0.05) is 208 Å². The predicted molar refractivity (Wildman–Crippen MR) is 252 cm³/mol. The Kier molecular flexibility index (Phi) is 8.57. The molecule has 1 nitrogen and oxygen atoms in total. The molecule has 0 N–H and O–H groups in total. The van der Waals surface area contributed by atoms with E-state index in [1.165, 1.54) is 94.6 Å². The number of aromatic nitrogens is 1. The zero-order chi connectivity index (χ0) is 40.2. The van der Waals surface area contributed by atoms with E-state index in [0.29, 0.717) is 0 Å². The Bertz CT molecular complexity index is 3150. The van der Waals surface area contributed by atoms with Gasteiger partial charge in [0.1, 0.15) is 0 Å². The van der Waals surface area contributed by atoms with Gasteiger partial charge in [-0.2, -0.15) is 0 Å². The number of nitrogens with zero attached hydrogens (tertiary/aromatic N) is 1. The van der Waals surface area contributed by atoms with Crippen LogP contribution >= 0.6 is 0 Å². The molecule has 1 aliphatic rings. The summed E-state index contributed by atoms with van der Waals surface area (Å²) in [7, 11) is 0. The molecule has 0 fully saturated rings. The van der Waals surface area contributed by atoms with Gasteiger partial charge < -0.3 is 4.57 Å². The van der Waals surface area contributed by atoms with Crippen molar-refractivity contribution in [3.8, 4) is 83.7 Å². The molecule has 0 aliphatic heterocycles. The Morgan fingerprint density at radius 1 is 0.400 bits per heavy atom. The maximum Gasteiger partial charge on any atom is 0.0585 e. The highest BCUT2D eigenvalue weighted by atomic mass is 15.0. The molecule has 0 saturated heterocycles. The molecule has 1 heteroatoms. The third kappa shape index (κ3) is 5.93. The standard InChI is InChI=1S/C59H42N/c1-59(2)54-38-37-48(39-53(54)58-57(59)52-21-12-13-24-55(52)60(58)49-19-10-5-11-20-49)44-27-33-46(34-28-44)51-23-14-22-50(45-31-25-42(26-32-45)40-15-6-3-7-16-40)56(51)47-35-29-43(30-36-47)41-17-8-4-9-18-41/h3-21,23-39H,1-2H3. The predicted octanol–water partition coefficient (Wildman–Crippen LogP) is 15.7. The Morgan fingerprint density at radius 3 is 1.52 bits per heavy atom. The second-order valence-electron chi connectivity index (χ2n) is 16.4. The van der Waals surface area contributed by atoms with Crippen molar-refractivity contribution in [2.45, 2.75) is 19.3 Å². The maximum atomic E-state index is 3.67. The van der Waals surface area contributed by atoms with Crippen molar-refractivity contribution in [1.82, 2.24) is 4.57 Å². The van der Waals surface area contributed by atoms with Gasteiger partial charge in [0.05, 0.1) is 11.2 Å². The molecule has 0 atom stereocenters. The van der Waals surface area contributed by atoms with Crippen molar-refractivity contribution in [3.63, 3.8) is 0 Å². The number of hydrogen-bond donors (Lipinski definition) is 0. The minimum absolute atomic E-state index is 0.133. The quantitative estimate of drug-likeness (QED) is 0.152. The summed E-state index contributed by atoms with van der Waals surface area (Å²) in [6.07, 6.45) is 0. The van der Waals surface area contributed by atoms with Crippen LogP contribution in [0.5, 0.6) is 0 Å². The van der Waals surface area contributed by atoms with Crippen molar-refractivity contribution in [2.75, 3.05) is 0 Å². The summed E-state index contributed by atoms with van der Waals surface area (Å²) in [5.74, 6) is 0. The van der Waals surface area contributed by atoms with Crippen LogP contribution in [-0.2, 0) is 5.41 Å². The van der Waals surface area contributed by atoms with E-state index in [-0.39, 0.29) is 5.41 Å². The maximum absolute atomic E-state index is 3.67. The number of rotatable bonds is 7. The molecule has 0 unspecified atom stereocenters. The van der Waals surface area contributed by atoms with Crippen molar-refractivity contribution in [1.29, 1.82) is 0 Å². The van der Waals surface area contributed by atoms with E-state index in [9.17, 15) is 0 Å². The highest BCUT2D eigenvalue weighted by Crippen LogP contribution is 2.54. The van der Waals surface area contributed by atoms with Crippen molar-refractivity contribution < 1.29 is 0 Å². The van der Waals surface area contributed by atoms with E-state index < -0.39 is 0 Å². The molecule has 283 valence electrons. The summed E-state index contributed by atoms with van der Waals surface area (Å²) in [5.41, 5.74) is 21.9. The Morgan fingerprint density at radius 2 is 0.883 bits per heavy atom. The monoisotopic (exact) mass is 764 g/mol. The molecule has 9 aromatic carbocycles. The topological polar surface area (TPSA) is 4.93 Å². The van der Waals surface area contributed by atoms with E-state index in [0.717, 1.165) is 11.1 Å². The summed E-state index contributed by atoms with van der Waals surface area (Å²) >= 11 is 0. The van der Waals surface area contributed by atoms with E-state index in [1.807, 2.05) is 0 Å². The van der Waals surface area contributed by atoms with Crippen LogP contribution in [0.4, 0.5) is 0 Å². The fourth-order valence-corrected chi connectivity index (χ4v) is 9.60. The molecule has 0 saturated carbocycles. The van der Waals surface area contributed by atoms with Gasteiger partial charge in [-0.15, -0.1) is 0 Å². The van der Waals surface area contributed by atoms with E-state index in [1.54, 1.807) is 0 Å². The molecule has 1 heterocycles. The molecular formula is C59H42N. The first-order valence-corrected chi connectivity index (χ1v) is 20.8. The van der Waals surface area contributed by atoms with Gasteiger partial charge in [0, 0.05) is 22.1 Å². The number of hydrogen-bond acceptors (Lipinski definition) is 0. The summed E-state index contributed by atoms with van der Waals surface area (Å²) in [6, 6.07) is 83.0. The lowest BCUT2D eigenvalue weighted by Crippen LogP contribution is -2.14. The first-order valence-electron chi connectivity index (χ1n) is 20.8. The van der Waals surface area contributed by atoms with Crippen LogP contribution < -0.4 is 0 Å². The van der Waals surface area contributed by atoms with Gasteiger partial charge in [-0.25, -0.2) is 0 Å². The summed E-state index contributed by atoms with van der Waals surface area (Å²) in [6.45, 7) is 4.76. The molecule has 0 spiro atoms. The van der Waals surface area contributed by atoms with Crippen LogP contribution in [0, 0.1) is 6.07 Å². The summed E-state index contributed by atoms with van der Waals surface area (Å²) in [4.78, 5) is 0. The van der Waals surface area contributed by atoms with Crippen LogP contribution in [-0.4, -0.2) is 4.57 Å². The zero-order valence-corrected chi connectivity index (χ0v) is 33.7. The fraction of sp³-hybridized carbons (Fsp3) is 0.0508. The first kappa shape index (κ1) is 35.7. The van der Waals surface area contributed by atoms with E-state index in [4.69, 9.17) is 0 Å². The molecule has 0 bridgehead atoms. The fourth-order valence-electron chi connectivity index (χ4n) is 9.60. The Balaban J connectivity index is 1.01. The molecule has 60 heavy (non-hydrogen) atoms. The molecular weight excluding hydrogens is 723 g/mol. The van der Waals surface area contributed by atoms with Gasteiger partial charge in [0.25, 0.3) is 0 Å². The normalized spacial score (nSPS) is 12.6. The van der Waals surface area contributed by atoms with Crippen LogP contribution in [0.1, 0.15) is 25.0 Å². The van der Waals surface area contributed by atoms with Crippen molar-refractivity contribution in [2.24, 2.45) is 0 Å². The number of benzene rings is 9. The van der Waals surface area contributed by atoms with E-state index >= 15 is 0 Å². The smallest absolute Gasteiger partial charge is 0.0585 e. The minimum Gasteiger partial charge on any atom is -0.309 e. The van der Waals surface area contributed by atoms with Gasteiger partial charge >= 0.3 is 0 Å². The molecule has 0 amide bonds. The van der Waals surface area contributed by atoms with Crippen molar-refractivity contribution >= 4 is 10.9 Å². The van der Waals surface area contributed by atoms with E-state index in [2.05, 4.69) is 243 Å². The van der Waals surface area contributed by atoms with Gasteiger partial charge in [-0.05, 0) is 108 Å². The van der Waals surface area contributed by atoms with Gasteiger partial charge in [-0.3, -0.25) is 0 Å². The first-order chi connectivity index (χ1) is 29.5. The second kappa shape index (κ2) is 14.4. The summed E-state index contributed by atoms with van der Waals surface area (Å²) in [5, 5.41) is 1.32. The minimum atomic E-state index is -0.133. The Labute approximate surface area is 352 Å². The lowest BCUT2D eigenvalue weighted by atomic mass is 9.81. The van der Waals surface area contributed by atoms with Crippen LogP contribution in [0.25, 0.3) is 94.6 Å². The van der Waals surface area contributed by atoms with Crippen LogP contribution in [0.2, 0.25) is 0 Å². The molecule has 1 radical (unpaired) electrons. The average molecular weight is 765 g/mol. The third-order valence-corrected chi connectivity index (χ3v) is 12.5. The zero-order valence-electron chi connectivity index (χ0n) is 33.7.